The van der Waals surface area contributed by atoms with Crippen LogP contribution in [0.3, 0.4) is 0 Å². The highest BCUT2D eigenvalue weighted by atomic mass is 35.5. The van der Waals surface area contributed by atoms with Crippen LogP contribution in [0.25, 0.3) is 11.1 Å². The molecule has 3 aromatic rings. The van der Waals surface area contributed by atoms with Gasteiger partial charge in [0.1, 0.15) is 0 Å². The molecule has 0 atom stereocenters. The SMILES string of the molecule is Cc1cc(C(=O)Cn2c(=O)oc3cc(Cl)ccc32)c(C)n1C1CC1. The second-order valence-electron chi connectivity index (χ2n) is 6.38. The average Bonchev–Trinajstić information content (AvgIpc) is 3.24. The van der Waals surface area contributed by atoms with E-state index in [1.165, 1.54) is 4.57 Å². The summed E-state index contributed by atoms with van der Waals surface area (Å²) in [6.07, 6.45) is 2.33. The normalized spacial score (nSPS) is 14.5. The number of halogens is 1. The van der Waals surface area contributed by atoms with Crippen LogP contribution < -0.4 is 5.76 Å². The molecule has 0 amide bonds. The Labute approximate surface area is 143 Å². The highest BCUT2D eigenvalue weighted by molar-refractivity contribution is 6.31. The molecule has 0 unspecified atom stereocenters. The Hall–Kier alpha value is -2.27. The maximum Gasteiger partial charge on any atom is 0.420 e. The molecule has 0 radical (unpaired) electrons. The van der Waals surface area contributed by atoms with E-state index < -0.39 is 5.76 Å². The molecule has 0 N–H and O–H groups in total. The first-order chi connectivity index (χ1) is 11.5. The molecule has 2 aromatic heterocycles. The van der Waals surface area contributed by atoms with Gasteiger partial charge in [-0.25, -0.2) is 4.79 Å². The van der Waals surface area contributed by atoms with Gasteiger partial charge in [-0.15, -0.1) is 0 Å². The van der Waals surface area contributed by atoms with Crippen LogP contribution in [0.2, 0.25) is 5.02 Å². The van der Waals surface area contributed by atoms with Crippen molar-refractivity contribution >= 4 is 28.5 Å². The van der Waals surface area contributed by atoms with Gasteiger partial charge >= 0.3 is 5.76 Å². The van der Waals surface area contributed by atoms with Crippen molar-refractivity contribution in [3.8, 4) is 0 Å². The number of oxazole rings is 1. The van der Waals surface area contributed by atoms with Crippen molar-refractivity contribution in [2.75, 3.05) is 0 Å². The van der Waals surface area contributed by atoms with Gasteiger partial charge < -0.3 is 8.98 Å². The lowest BCUT2D eigenvalue weighted by atomic mass is 10.1. The molecule has 1 aliphatic rings. The number of hydrogen-bond acceptors (Lipinski definition) is 3. The summed E-state index contributed by atoms with van der Waals surface area (Å²) in [6, 6.07) is 7.40. The van der Waals surface area contributed by atoms with Gasteiger partial charge in [0.2, 0.25) is 0 Å². The Bertz CT molecular complexity index is 1020. The predicted octanol–water partition coefficient (Wildman–Crippen LogP) is 3.88. The molecule has 24 heavy (non-hydrogen) atoms. The van der Waals surface area contributed by atoms with Crippen LogP contribution in [-0.4, -0.2) is 14.9 Å². The van der Waals surface area contributed by atoms with Gasteiger partial charge in [0.25, 0.3) is 0 Å². The van der Waals surface area contributed by atoms with E-state index in [-0.39, 0.29) is 12.3 Å². The summed E-state index contributed by atoms with van der Waals surface area (Å²) in [5, 5.41) is 0.489. The summed E-state index contributed by atoms with van der Waals surface area (Å²) in [4.78, 5) is 24.9. The molecule has 124 valence electrons. The smallest absolute Gasteiger partial charge is 0.408 e. The Kier molecular flexibility index (Phi) is 3.42. The maximum atomic E-state index is 12.8. The fourth-order valence-electron chi connectivity index (χ4n) is 3.37. The number of benzene rings is 1. The molecule has 0 saturated heterocycles. The van der Waals surface area contributed by atoms with Crippen LogP contribution in [0.5, 0.6) is 0 Å². The van der Waals surface area contributed by atoms with Crippen molar-refractivity contribution in [1.29, 1.82) is 0 Å². The van der Waals surface area contributed by atoms with Crippen LogP contribution in [0.15, 0.2) is 33.5 Å². The zero-order valence-corrected chi connectivity index (χ0v) is 14.3. The average molecular weight is 345 g/mol. The number of aryl methyl sites for hydroxylation is 1. The molecular weight excluding hydrogens is 328 g/mol. The largest absolute Gasteiger partial charge is 0.420 e. The van der Waals surface area contributed by atoms with Crippen molar-refractivity contribution in [3.63, 3.8) is 0 Å². The van der Waals surface area contributed by atoms with E-state index in [0.29, 0.717) is 27.7 Å². The zero-order valence-electron chi connectivity index (χ0n) is 13.5. The van der Waals surface area contributed by atoms with E-state index in [4.69, 9.17) is 16.0 Å². The third kappa shape index (κ3) is 2.40. The van der Waals surface area contributed by atoms with E-state index in [2.05, 4.69) is 4.57 Å². The standard InChI is InChI=1S/C18H17ClN2O3/c1-10-7-14(11(2)21(10)13-4-5-13)16(22)9-20-15-6-3-12(19)8-17(15)24-18(20)23/h3,6-8,13H,4-5,9H2,1-2H3. The van der Waals surface area contributed by atoms with Crippen molar-refractivity contribution < 1.29 is 9.21 Å². The fraction of sp³-hybridized carbons (Fsp3) is 0.333. The van der Waals surface area contributed by atoms with Crippen molar-refractivity contribution in [2.24, 2.45) is 0 Å². The summed E-state index contributed by atoms with van der Waals surface area (Å²) >= 11 is 5.92. The highest BCUT2D eigenvalue weighted by Gasteiger charge is 2.28. The van der Waals surface area contributed by atoms with Gasteiger partial charge in [-0.1, -0.05) is 11.6 Å². The molecule has 5 nitrogen and oxygen atoms in total. The number of carbonyl (C=O) groups is 1. The minimum Gasteiger partial charge on any atom is -0.408 e. The van der Waals surface area contributed by atoms with Crippen molar-refractivity contribution in [2.45, 2.75) is 39.3 Å². The number of aromatic nitrogens is 2. The summed E-state index contributed by atoms with van der Waals surface area (Å²) in [5.41, 5.74) is 3.71. The molecule has 0 spiro atoms. The number of fused-ring (bicyclic) bond motifs is 1. The van der Waals surface area contributed by atoms with E-state index in [9.17, 15) is 9.59 Å². The van der Waals surface area contributed by atoms with Crippen LogP contribution in [-0.2, 0) is 6.54 Å². The number of rotatable bonds is 4. The quantitative estimate of drug-likeness (QED) is 0.675. The first-order valence-electron chi connectivity index (χ1n) is 7.96. The number of carbonyl (C=O) groups excluding carboxylic acids is 1. The molecule has 6 heteroatoms. The topological polar surface area (TPSA) is 57.1 Å². The van der Waals surface area contributed by atoms with E-state index in [1.807, 2.05) is 19.9 Å². The summed E-state index contributed by atoms with van der Waals surface area (Å²) in [7, 11) is 0. The second-order valence-corrected chi connectivity index (χ2v) is 6.81. The Morgan fingerprint density at radius 2 is 2.04 bits per heavy atom. The number of hydrogen-bond donors (Lipinski definition) is 0. The monoisotopic (exact) mass is 344 g/mol. The van der Waals surface area contributed by atoms with Crippen molar-refractivity contribution in [3.05, 3.63) is 56.8 Å². The molecule has 1 fully saturated rings. The van der Waals surface area contributed by atoms with E-state index in [0.717, 1.165) is 24.2 Å². The molecular formula is C18H17ClN2O3. The third-order valence-corrected chi connectivity index (χ3v) is 4.86. The lowest BCUT2D eigenvalue weighted by molar-refractivity contribution is 0.0970. The second kappa shape index (κ2) is 5.38. The molecule has 0 aliphatic heterocycles. The lowest BCUT2D eigenvalue weighted by Crippen LogP contribution is -2.20. The lowest BCUT2D eigenvalue weighted by Gasteiger charge is -2.07. The summed E-state index contributed by atoms with van der Waals surface area (Å²) in [6.45, 7) is 3.94. The van der Waals surface area contributed by atoms with Gasteiger partial charge in [0, 0.05) is 34.1 Å². The number of ketones is 1. The number of Topliss-reactive ketones (excluding diaryl/α,β-unsaturated/α-hetero) is 1. The van der Waals surface area contributed by atoms with Crippen molar-refractivity contribution in [1.82, 2.24) is 9.13 Å². The Morgan fingerprint density at radius 3 is 2.75 bits per heavy atom. The minimum atomic E-state index is -0.545. The van der Waals surface area contributed by atoms with Gasteiger partial charge in [-0.05, 0) is 44.9 Å². The maximum absolute atomic E-state index is 12.8. The first-order valence-corrected chi connectivity index (χ1v) is 8.34. The molecule has 2 heterocycles. The van der Waals surface area contributed by atoms with E-state index >= 15 is 0 Å². The van der Waals surface area contributed by atoms with Crippen LogP contribution in [0, 0.1) is 13.8 Å². The Balaban J connectivity index is 1.71. The molecule has 1 aromatic carbocycles. The predicted molar refractivity (Wildman–Crippen MR) is 92.0 cm³/mol. The first kappa shape index (κ1) is 15.3. The fourth-order valence-corrected chi connectivity index (χ4v) is 3.53. The number of nitrogens with zero attached hydrogens (tertiary/aromatic N) is 2. The van der Waals surface area contributed by atoms with Crippen LogP contribution in [0.4, 0.5) is 0 Å². The van der Waals surface area contributed by atoms with Gasteiger partial charge in [0.15, 0.2) is 11.4 Å². The van der Waals surface area contributed by atoms with Crippen LogP contribution in [0.1, 0.15) is 40.6 Å². The van der Waals surface area contributed by atoms with E-state index in [1.54, 1.807) is 18.2 Å². The molecule has 1 saturated carbocycles. The van der Waals surface area contributed by atoms with Gasteiger partial charge in [-0.2, -0.15) is 0 Å². The minimum absolute atomic E-state index is 0.0393. The van der Waals surface area contributed by atoms with Gasteiger partial charge in [0.05, 0.1) is 12.1 Å². The summed E-state index contributed by atoms with van der Waals surface area (Å²) < 4.78 is 8.77. The van der Waals surface area contributed by atoms with Gasteiger partial charge in [-0.3, -0.25) is 9.36 Å². The third-order valence-electron chi connectivity index (χ3n) is 4.63. The molecule has 4 rings (SSSR count). The highest BCUT2D eigenvalue weighted by Crippen LogP contribution is 2.38. The molecule has 0 bridgehead atoms. The zero-order chi connectivity index (χ0) is 17.0. The van der Waals surface area contributed by atoms with Crippen LogP contribution >= 0.6 is 11.6 Å². The summed E-state index contributed by atoms with van der Waals surface area (Å²) in [5.74, 6) is -0.633. The molecule has 1 aliphatic carbocycles. The Morgan fingerprint density at radius 1 is 1.29 bits per heavy atom.